The Morgan fingerprint density at radius 3 is 1.93 bits per heavy atom. The average molecular weight is 679 g/mol. The molecule has 0 unspecified atom stereocenters. The third-order valence-electron chi connectivity index (χ3n) is 7.17. The van der Waals surface area contributed by atoms with Crippen LogP contribution in [-0.4, -0.2) is 69.3 Å². The summed E-state index contributed by atoms with van der Waals surface area (Å²) in [6.45, 7) is -1.01. The molecule has 11 nitrogen and oxygen atoms in total. The summed E-state index contributed by atoms with van der Waals surface area (Å²) in [6, 6.07) is 27.9. The number of para-hydroxylation sites is 2. The number of thiazole rings is 1. The third-order valence-corrected chi connectivity index (χ3v) is 10.6. The van der Waals surface area contributed by atoms with Gasteiger partial charge in [0.25, 0.3) is 10.2 Å². The summed E-state index contributed by atoms with van der Waals surface area (Å²) in [6.07, 6.45) is -5.46. The highest BCUT2D eigenvalue weighted by atomic mass is 32.2. The summed E-state index contributed by atoms with van der Waals surface area (Å²) >= 11 is 2.75. The molecule has 6 rings (SSSR count). The highest BCUT2D eigenvalue weighted by molar-refractivity contribution is 7.86. The van der Waals surface area contributed by atoms with Crippen LogP contribution in [0.3, 0.4) is 0 Å². The zero-order valence-corrected chi connectivity index (χ0v) is 26.6. The number of anilines is 1. The van der Waals surface area contributed by atoms with E-state index in [-0.39, 0.29) is 23.2 Å². The molecule has 0 aliphatic carbocycles. The highest BCUT2D eigenvalue weighted by Crippen LogP contribution is 2.33. The molecule has 238 valence electrons. The number of hydrogen-bond donors (Lipinski definition) is 3. The van der Waals surface area contributed by atoms with Crippen molar-refractivity contribution in [1.29, 1.82) is 0 Å². The Kier molecular flexibility index (Phi) is 9.75. The van der Waals surface area contributed by atoms with Gasteiger partial charge in [-0.25, -0.2) is 4.98 Å². The fourth-order valence-electron chi connectivity index (χ4n) is 4.94. The molecule has 5 aromatic rings. The molecule has 0 saturated carbocycles. The van der Waals surface area contributed by atoms with Crippen LogP contribution in [0.2, 0.25) is 0 Å². The minimum Gasteiger partial charge on any atom is -0.471 e. The van der Waals surface area contributed by atoms with Gasteiger partial charge in [0.05, 0.1) is 6.54 Å². The lowest BCUT2D eigenvalue weighted by atomic mass is 10.1. The molecule has 0 spiro atoms. The predicted octanol–water partition coefficient (Wildman–Crippen LogP) is 4.40. The highest BCUT2D eigenvalue weighted by Gasteiger charge is 2.53. The lowest BCUT2D eigenvalue weighted by Crippen LogP contribution is -2.55. The maximum Gasteiger partial charge on any atom is 0.289 e. The second-order valence-electron chi connectivity index (χ2n) is 10.3. The van der Waals surface area contributed by atoms with Gasteiger partial charge in [-0.15, -0.1) is 31.3 Å². The molecular formula is C32H30N4O7S3. The van der Waals surface area contributed by atoms with Gasteiger partial charge < -0.3 is 25.0 Å². The Balaban J connectivity index is 1.41. The van der Waals surface area contributed by atoms with E-state index in [0.717, 1.165) is 30.4 Å². The number of aliphatic hydroxyl groups excluding tert-OH is 2. The molecule has 3 aromatic carbocycles. The molecule has 1 amide bonds. The first-order chi connectivity index (χ1) is 22.3. The predicted molar refractivity (Wildman–Crippen MR) is 175 cm³/mol. The number of amides is 1. The quantitative estimate of drug-likeness (QED) is 0.197. The van der Waals surface area contributed by atoms with E-state index in [9.17, 15) is 23.4 Å². The van der Waals surface area contributed by atoms with E-state index in [2.05, 4.69) is 10.3 Å². The molecule has 0 radical (unpaired) electrons. The summed E-state index contributed by atoms with van der Waals surface area (Å²) in [4.78, 5) is 18.3. The van der Waals surface area contributed by atoms with Crippen molar-refractivity contribution in [1.82, 2.24) is 13.6 Å². The zero-order valence-electron chi connectivity index (χ0n) is 24.2. The number of nitrogens with one attached hydrogen (secondary N) is 1. The Morgan fingerprint density at radius 2 is 1.39 bits per heavy atom. The van der Waals surface area contributed by atoms with Crippen LogP contribution in [0, 0.1) is 0 Å². The van der Waals surface area contributed by atoms with Crippen LogP contribution in [0.15, 0.2) is 114 Å². The fraction of sp³-hybridized carbons (Fsp3) is 0.188. The van der Waals surface area contributed by atoms with Gasteiger partial charge in [0.15, 0.2) is 17.6 Å². The van der Waals surface area contributed by atoms with Crippen molar-refractivity contribution in [3.63, 3.8) is 0 Å². The number of thiophene rings is 1. The van der Waals surface area contributed by atoms with Crippen molar-refractivity contribution in [3.05, 3.63) is 120 Å². The van der Waals surface area contributed by atoms with Crippen LogP contribution in [0.1, 0.15) is 5.56 Å². The van der Waals surface area contributed by atoms with Gasteiger partial charge in [0.2, 0.25) is 5.91 Å². The minimum absolute atomic E-state index is 0.220. The van der Waals surface area contributed by atoms with Crippen LogP contribution in [0.5, 0.6) is 11.5 Å². The molecule has 3 N–H and O–H groups in total. The van der Waals surface area contributed by atoms with E-state index < -0.39 is 47.3 Å². The smallest absolute Gasteiger partial charge is 0.289 e. The van der Waals surface area contributed by atoms with Crippen LogP contribution in [-0.2, 0) is 21.5 Å². The number of nitrogens with zero attached hydrogens (tertiary/aromatic N) is 3. The van der Waals surface area contributed by atoms with E-state index in [1.165, 1.54) is 6.20 Å². The molecule has 1 aliphatic rings. The lowest BCUT2D eigenvalue weighted by Gasteiger charge is -2.33. The van der Waals surface area contributed by atoms with E-state index in [1.54, 1.807) is 89.5 Å². The molecule has 4 atom stereocenters. The van der Waals surface area contributed by atoms with Crippen LogP contribution in [0.25, 0.3) is 10.4 Å². The van der Waals surface area contributed by atoms with Crippen LogP contribution >= 0.6 is 22.7 Å². The summed E-state index contributed by atoms with van der Waals surface area (Å²) in [5.74, 6) is -0.232. The number of carbonyl (C=O) groups excluding carboxylic acids is 1. The van der Waals surface area contributed by atoms with Crippen molar-refractivity contribution >= 4 is 43.9 Å². The van der Waals surface area contributed by atoms with Crippen molar-refractivity contribution in [2.75, 3.05) is 11.9 Å². The van der Waals surface area contributed by atoms with Gasteiger partial charge in [-0.2, -0.15) is 8.42 Å². The third kappa shape index (κ3) is 7.13. The molecular weight excluding hydrogens is 649 g/mol. The zero-order chi connectivity index (χ0) is 32.1. The molecule has 46 heavy (non-hydrogen) atoms. The molecule has 1 aliphatic heterocycles. The summed E-state index contributed by atoms with van der Waals surface area (Å²) < 4.78 is 43.2. The monoisotopic (exact) mass is 678 g/mol. The summed E-state index contributed by atoms with van der Waals surface area (Å²) in [5.41, 5.74) is 1.55. The number of rotatable bonds is 10. The van der Waals surface area contributed by atoms with Crippen molar-refractivity contribution in [3.8, 4) is 21.9 Å². The van der Waals surface area contributed by atoms with Gasteiger partial charge in [0.1, 0.15) is 23.7 Å². The largest absolute Gasteiger partial charge is 0.471 e. The van der Waals surface area contributed by atoms with Gasteiger partial charge in [-0.1, -0.05) is 66.7 Å². The Bertz CT molecular complexity index is 1810. The molecule has 0 bridgehead atoms. The van der Waals surface area contributed by atoms with Gasteiger partial charge in [0, 0.05) is 23.0 Å². The Hall–Kier alpha value is -4.15. The van der Waals surface area contributed by atoms with Crippen molar-refractivity contribution in [2.45, 2.75) is 31.2 Å². The molecule has 2 aromatic heterocycles. The first kappa shape index (κ1) is 31.8. The number of aromatic nitrogens is 1. The fourth-order valence-corrected chi connectivity index (χ4v) is 7.94. The van der Waals surface area contributed by atoms with Gasteiger partial charge >= 0.3 is 0 Å². The van der Waals surface area contributed by atoms with Crippen molar-refractivity contribution in [2.24, 2.45) is 0 Å². The molecule has 3 heterocycles. The second-order valence-corrected chi connectivity index (χ2v) is 14.0. The molecule has 1 fully saturated rings. The minimum atomic E-state index is -4.71. The Labute approximate surface area is 274 Å². The SMILES string of the molecule is O=C(CN1[C@H](Oc2ccccc2)[C@H](O)[C@@H](O)[C@@H](Oc2ccccc2)N(Cc2ccc(-c3cccs3)cc2)S1(=O)=O)Nc1nccs1. The number of aliphatic hydroxyl groups is 2. The summed E-state index contributed by atoms with van der Waals surface area (Å²) in [7, 11) is -4.71. The van der Waals surface area contributed by atoms with E-state index in [4.69, 9.17) is 9.47 Å². The normalized spacial score (nSPS) is 21.7. The van der Waals surface area contributed by atoms with E-state index >= 15 is 0 Å². The van der Waals surface area contributed by atoms with Crippen LogP contribution in [0.4, 0.5) is 5.13 Å². The van der Waals surface area contributed by atoms with E-state index in [1.807, 2.05) is 29.6 Å². The lowest BCUT2D eigenvalue weighted by molar-refractivity contribution is -0.131. The number of ether oxygens (including phenoxy) is 2. The van der Waals surface area contributed by atoms with Gasteiger partial charge in [-0.05, 0) is 46.8 Å². The average Bonchev–Trinajstić information content (AvgIpc) is 3.79. The van der Waals surface area contributed by atoms with E-state index in [0.29, 0.717) is 5.56 Å². The number of carbonyl (C=O) groups is 1. The Morgan fingerprint density at radius 1 is 0.783 bits per heavy atom. The van der Waals surface area contributed by atoms with Gasteiger partial charge in [-0.3, -0.25) is 4.79 Å². The van der Waals surface area contributed by atoms with Crippen molar-refractivity contribution < 1.29 is 32.9 Å². The topological polar surface area (TPSA) is 142 Å². The standard InChI is InChI=1S/C32H30N4O7S3/c37-27(34-32-33-17-19-45-32)21-36-31(43-25-10-5-2-6-11-25)29(39)28(38)30(42-24-8-3-1-4-9-24)35(46(36,40)41)20-22-13-15-23(16-14-22)26-12-7-18-44-26/h1-19,28-31,38-39H,20-21H2,(H,33,34,37)/t28-,29-,30-,31-/m1/s1. The number of benzene rings is 3. The maximum absolute atomic E-state index is 14.7. The second kappa shape index (κ2) is 14.1. The molecule has 14 heteroatoms. The maximum atomic E-state index is 14.7. The number of hydrogen-bond acceptors (Lipinski definition) is 10. The first-order valence-corrected chi connectivity index (χ1v) is 17.4. The van der Waals surface area contributed by atoms with Crippen LogP contribution < -0.4 is 14.8 Å². The summed E-state index contributed by atoms with van der Waals surface area (Å²) in [5, 5.41) is 29.7. The first-order valence-electron chi connectivity index (χ1n) is 14.2. The molecule has 1 saturated heterocycles.